The van der Waals surface area contributed by atoms with Crippen molar-refractivity contribution in [1.29, 1.82) is 0 Å². The molecule has 1 aliphatic heterocycles. The molecule has 5 nitrogen and oxygen atoms in total. The normalized spacial score (nSPS) is 27.6. The van der Waals surface area contributed by atoms with Crippen molar-refractivity contribution in [2.45, 2.75) is 25.6 Å². The molecule has 1 heterocycles. The molecule has 0 amide bonds. The molecule has 1 aliphatic rings. The van der Waals surface area contributed by atoms with E-state index < -0.39 is 12.3 Å². The quantitative estimate of drug-likeness (QED) is 0.458. The number of cyclic esters (lactones) is 2. The lowest BCUT2D eigenvalue weighted by Gasteiger charge is -2.11. The van der Waals surface area contributed by atoms with Gasteiger partial charge in [0.25, 0.3) is 6.47 Å². The summed E-state index contributed by atoms with van der Waals surface area (Å²) in [4.78, 5) is 20.4. The SMILES string of the molecule is CCC1OC(=O)OC1COC=O. The van der Waals surface area contributed by atoms with Crippen molar-refractivity contribution in [3.8, 4) is 0 Å². The second-order valence-electron chi connectivity index (χ2n) is 2.40. The maximum atomic E-state index is 10.6. The third kappa shape index (κ3) is 1.87. The second kappa shape index (κ2) is 3.94. The van der Waals surface area contributed by atoms with Gasteiger partial charge in [0, 0.05) is 0 Å². The lowest BCUT2D eigenvalue weighted by molar-refractivity contribution is -0.131. The molecule has 0 aromatic rings. The topological polar surface area (TPSA) is 61.8 Å². The summed E-state index contributed by atoms with van der Waals surface area (Å²) in [6, 6.07) is 0. The van der Waals surface area contributed by atoms with Crippen molar-refractivity contribution in [2.24, 2.45) is 0 Å². The fraction of sp³-hybridized carbons (Fsp3) is 0.714. The lowest BCUT2D eigenvalue weighted by Crippen LogP contribution is -2.26. The molecule has 1 saturated heterocycles. The number of carbonyl (C=O) groups is 2. The van der Waals surface area contributed by atoms with Crippen LogP contribution < -0.4 is 0 Å². The monoisotopic (exact) mass is 174 g/mol. The summed E-state index contributed by atoms with van der Waals surface area (Å²) in [6.45, 7) is 2.24. The Balaban J connectivity index is 2.40. The zero-order valence-corrected chi connectivity index (χ0v) is 6.69. The van der Waals surface area contributed by atoms with E-state index >= 15 is 0 Å². The van der Waals surface area contributed by atoms with E-state index in [9.17, 15) is 9.59 Å². The fourth-order valence-electron chi connectivity index (χ4n) is 1.05. The number of ether oxygens (including phenoxy) is 3. The summed E-state index contributed by atoms with van der Waals surface area (Å²) in [5, 5.41) is 0. The molecule has 0 spiro atoms. The van der Waals surface area contributed by atoms with Crippen molar-refractivity contribution in [1.82, 2.24) is 0 Å². The van der Waals surface area contributed by atoms with Crippen LogP contribution in [0.1, 0.15) is 13.3 Å². The molecule has 0 saturated carbocycles. The molecule has 0 N–H and O–H groups in total. The van der Waals surface area contributed by atoms with Crippen LogP contribution in [-0.2, 0) is 19.0 Å². The molecule has 0 radical (unpaired) electrons. The first-order valence-electron chi connectivity index (χ1n) is 3.70. The lowest BCUT2D eigenvalue weighted by atomic mass is 10.2. The van der Waals surface area contributed by atoms with Crippen LogP contribution in [-0.4, -0.2) is 31.4 Å². The summed E-state index contributed by atoms with van der Waals surface area (Å²) in [5.41, 5.74) is 0. The smallest absolute Gasteiger partial charge is 0.464 e. The summed E-state index contributed by atoms with van der Waals surface area (Å²) in [6.07, 6.45) is -0.787. The van der Waals surface area contributed by atoms with E-state index in [1.807, 2.05) is 6.92 Å². The first kappa shape index (κ1) is 8.83. The van der Waals surface area contributed by atoms with Crippen molar-refractivity contribution in [3.05, 3.63) is 0 Å². The van der Waals surface area contributed by atoms with Crippen molar-refractivity contribution < 1.29 is 23.8 Å². The van der Waals surface area contributed by atoms with E-state index in [4.69, 9.17) is 9.47 Å². The van der Waals surface area contributed by atoms with E-state index in [-0.39, 0.29) is 12.7 Å². The predicted molar refractivity (Wildman–Crippen MR) is 37.4 cm³/mol. The molecule has 68 valence electrons. The maximum Gasteiger partial charge on any atom is 0.509 e. The largest absolute Gasteiger partial charge is 0.509 e. The summed E-state index contributed by atoms with van der Waals surface area (Å²) in [7, 11) is 0. The van der Waals surface area contributed by atoms with Gasteiger partial charge in [0.15, 0.2) is 6.10 Å². The van der Waals surface area contributed by atoms with E-state index in [2.05, 4.69) is 4.74 Å². The van der Waals surface area contributed by atoms with Gasteiger partial charge in [-0.1, -0.05) is 6.92 Å². The minimum absolute atomic E-state index is 0.0632. The van der Waals surface area contributed by atoms with E-state index in [1.165, 1.54) is 0 Å². The van der Waals surface area contributed by atoms with Crippen LogP contribution in [0.3, 0.4) is 0 Å². The highest BCUT2D eigenvalue weighted by molar-refractivity contribution is 5.62. The zero-order chi connectivity index (χ0) is 8.97. The van der Waals surface area contributed by atoms with Crippen molar-refractivity contribution >= 4 is 12.6 Å². The van der Waals surface area contributed by atoms with E-state index in [0.29, 0.717) is 12.9 Å². The van der Waals surface area contributed by atoms with Crippen LogP contribution in [0.25, 0.3) is 0 Å². The third-order valence-corrected chi connectivity index (χ3v) is 1.64. The highest BCUT2D eigenvalue weighted by Gasteiger charge is 2.35. The minimum atomic E-state index is -0.693. The summed E-state index contributed by atoms with van der Waals surface area (Å²) < 4.78 is 13.9. The number of hydrogen-bond acceptors (Lipinski definition) is 5. The maximum absolute atomic E-state index is 10.6. The van der Waals surface area contributed by atoms with E-state index in [1.54, 1.807) is 0 Å². The Morgan fingerprint density at radius 3 is 2.75 bits per heavy atom. The van der Waals surface area contributed by atoms with Gasteiger partial charge in [-0.2, -0.15) is 0 Å². The standard InChI is InChI=1S/C7H10O5/c1-2-5-6(3-10-4-8)12-7(9)11-5/h4-6H,2-3H2,1H3. The van der Waals surface area contributed by atoms with Gasteiger partial charge in [-0.15, -0.1) is 0 Å². The molecule has 1 rings (SSSR count). The van der Waals surface area contributed by atoms with Gasteiger partial charge in [0.2, 0.25) is 0 Å². The minimum Gasteiger partial charge on any atom is -0.464 e. The molecule has 1 fully saturated rings. The van der Waals surface area contributed by atoms with Gasteiger partial charge in [-0.05, 0) is 6.42 Å². The Kier molecular flexibility index (Phi) is 2.90. The summed E-state index contributed by atoms with van der Waals surface area (Å²) in [5.74, 6) is 0. The first-order chi connectivity index (χ1) is 5.77. The number of rotatable bonds is 4. The molecule has 0 aromatic heterocycles. The van der Waals surface area contributed by atoms with Gasteiger partial charge in [0.1, 0.15) is 12.7 Å². The van der Waals surface area contributed by atoms with Crippen LogP contribution in [0.5, 0.6) is 0 Å². The highest BCUT2D eigenvalue weighted by atomic mass is 16.8. The van der Waals surface area contributed by atoms with Crippen LogP contribution in [0, 0.1) is 0 Å². The van der Waals surface area contributed by atoms with Gasteiger partial charge >= 0.3 is 6.16 Å². The average molecular weight is 174 g/mol. The van der Waals surface area contributed by atoms with Crippen molar-refractivity contribution in [2.75, 3.05) is 6.61 Å². The molecule has 0 bridgehead atoms. The Morgan fingerprint density at radius 1 is 1.50 bits per heavy atom. The molecule has 2 atom stereocenters. The first-order valence-corrected chi connectivity index (χ1v) is 3.70. The Labute approximate surface area is 69.6 Å². The van der Waals surface area contributed by atoms with Crippen LogP contribution in [0.2, 0.25) is 0 Å². The predicted octanol–water partition coefficient (Wildman–Crippen LogP) is 0.473. The van der Waals surface area contributed by atoms with Gasteiger partial charge in [-0.3, -0.25) is 4.79 Å². The fourth-order valence-corrected chi connectivity index (χ4v) is 1.05. The van der Waals surface area contributed by atoms with Crippen LogP contribution in [0.4, 0.5) is 4.79 Å². The average Bonchev–Trinajstić information content (AvgIpc) is 2.42. The molecule has 2 unspecified atom stereocenters. The number of hydrogen-bond donors (Lipinski definition) is 0. The van der Waals surface area contributed by atoms with Gasteiger partial charge in [0.05, 0.1) is 0 Å². The Bertz CT molecular complexity index is 179. The van der Waals surface area contributed by atoms with Gasteiger partial charge < -0.3 is 14.2 Å². The van der Waals surface area contributed by atoms with Crippen LogP contribution >= 0.6 is 0 Å². The van der Waals surface area contributed by atoms with Gasteiger partial charge in [-0.25, -0.2) is 4.79 Å². The molecule has 0 aliphatic carbocycles. The molecule has 5 heteroatoms. The van der Waals surface area contributed by atoms with Crippen LogP contribution in [0.15, 0.2) is 0 Å². The Hall–Kier alpha value is -1.26. The van der Waals surface area contributed by atoms with E-state index in [0.717, 1.165) is 0 Å². The molecular weight excluding hydrogens is 164 g/mol. The molecule has 12 heavy (non-hydrogen) atoms. The zero-order valence-electron chi connectivity index (χ0n) is 6.69. The second-order valence-corrected chi connectivity index (χ2v) is 2.40. The molecular formula is C7H10O5. The van der Waals surface area contributed by atoms with Crippen molar-refractivity contribution in [3.63, 3.8) is 0 Å². The number of carbonyl (C=O) groups excluding carboxylic acids is 2. The summed E-state index contributed by atoms with van der Waals surface area (Å²) >= 11 is 0. The Morgan fingerprint density at radius 2 is 2.17 bits per heavy atom. The highest BCUT2D eigenvalue weighted by Crippen LogP contribution is 2.17. The molecule has 0 aromatic carbocycles. The third-order valence-electron chi connectivity index (χ3n) is 1.64.